The monoisotopic (exact) mass is 429 g/mol. The first-order chi connectivity index (χ1) is 13.6. The van der Waals surface area contributed by atoms with Crippen LogP contribution in [-0.4, -0.2) is 21.4 Å². The number of thioether (sulfide) groups is 1. The Labute approximate surface area is 179 Å². The fourth-order valence-electron chi connectivity index (χ4n) is 2.93. The Morgan fingerprint density at radius 2 is 2.00 bits per heavy atom. The largest absolute Gasteiger partial charge is 0.346 e. The van der Waals surface area contributed by atoms with E-state index in [9.17, 15) is 9.59 Å². The number of benzene rings is 1. The molecule has 3 aromatic rings. The highest BCUT2D eigenvalue weighted by Gasteiger charge is 2.24. The molecule has 0 unspecified atom stereocenters. The van der Waals surface area contributed by atoms with Gasteiger partial charge in [0.15, 0.2) is 0 Å². The molecule has 154 valence electrons. The van der Waals surface area contributed by atoms with Crippen molar-refractivity contribution in [2.45, 2.75) is 64.2 Å². The molecule has 0 bridgehead atoms. The third-order valence-corrected chi connectivity index (χ3v) is 7.45. The summed E-state index contributed by atoms with van der Waals surface area (Å²) >= 11 is 2.94. The molecule has 3 rings (SSSR count). The number of aromatic amines is 1. The molecule has 0 aliphatic carbocycles. The van der Waals surface area contributed by atoms with Crippen LogP contribution in [0.4, 0.5) is 0 Å². The lowest BCUT2D eigenvalue weighted by Crippen LogP contribution is -2.42. The first-order valence-corrected chi connectivity index (χ1v) is 11.5. The minimum atomic E-state index is -0.299. The van der Waals surface area contributed by atoms with Gasteiger partial charge in [-0.1, -0.05) is 24.6 Å². The van der Waals surface area contributed by atoms with Gasteiger partial charge in [0.2, 0.25) is 0 Å². The maximum absolute atomic E-state index is 12.7. The topological polar surface area (TPSA) is 74.8 Å². The number of hydrogen-bond acceptors (Lipinski definition) is 5. The molecule has 2 heterocycles. The third kappa shape index (κ3) is 4.73. The van der Waals surface area contributed by atoms with Crippen molar-refractivity contribution in [3.05, 3.63) is 55.9 Å². The molecule has 29 heavy (non-hydrogen) atoms. The highest BCUT2D eigenvalue weighted by atomic mass is 32.2. The molecule has 1 aromatic carbocycles. The summed E-state index contributed by atoms with van der Waals surface area (Å²) in [6.45, 7) is 12.0. The van der Waals surface area contributed by atoms with E-state index in [1.165, 1.54) is 27.4 Å². The number of H-pyrrole nitrogens is 1. The highest BCUT2D eigenvalue weighted by Crippen LogP contribution is 2.30. The summed E-state index contributed by atoms with van der Waals surface area (Å²) in [4.78, 5) is 35.3. The number of aromatic nitrogens is 2. The van der Waals surface area contributed by atoms with Gasteiger partial charge in [-0.25, -0.2) is 4.98 Å². The van der Waals surface area contributed by atoms with Crippen molar-refractivity contribution in [1.82, 2.24) is 15.3 Å². The highest BCUT2D eigenvalue weighted by molar-refractivity contribution is 7.98. The van der Waals surface area contributed by atoms with E-state index in [4.69, 9.17) is 0 Å². The van der Waals surface area contributed by atoms with E-state index >= 15 is 0 Å². The summed E-state index contributed by atoms with van der Waals surface area (Å²) in [5.41, 5.74) is 2.61. The smallest absolute Gasteiger partial charge is 0.262 e. The van der Waals surface area contributed by atoms with Crippen LogP contribution in [0.15, 0.2) is 27.9 Å². The number of aryl methyl sites for hydroxylation is 3. The predicted octanol–water partition coefficient (Wildman–Crippen LogP) is 5.12. The average Bonchev–Trinajstić information content (AvgIpc) is 2.99. The van der Waals surface area contributed by atoms with Crippen molar-refractivity contribution < 1.29 is 4.79 Å². The van der Waals surface area contributed by atoms with Crippen LogP contribution in [0.1, 0.15) is 59.4 Å². The van der Waals surface area contributed by atoms with Gasteiger partial charge in [0.25, 0.3) is 11.5 Å². The maximum Gasteiger partial charge on any atom is 0.262 e. The Bertz CT molecular complexity index is 1130. The predicted molar refractivity (Wildman–Crippen MR) is 122 cm³/mol. The van der Waals surface area contributed by atoms with Crippen LogP contribution in [0.25, 0.3) is 10.2 Å². The van der Waals surface area contributed by atoms with Gasteiger partial charge in [-0.05, 0) is 58.2 Å². The zero-order valence-corrected chi connectivity index (χ0v) is 19.4. The number of thiophene rings is 1. The molecule has 2 aromatic heterocycles. The Morgan fingerprint density at radius 1 is 1.28 bits per heavy atom. The number of hydrogen-bond donors (Lipinski definition) is 2. The van der Waals surface area contributed by atoms with Gasteiger partial charge in [0.1, 0.15) is 10.7 Å². The van der Waals surface area contributed by atoms with Gasteiger partial charge in [-0.15, -0.1) is 23.1 Å². The quantitative estimate of drug-likeness (QED) is 0.533. The van der Waals surface area contributed by atoms with Crippen LogP contribution >= 0.6 is 23.1 Å². The van der Waals surface area contributed by atoms with Gasteiger partial charge in [0, 0.05) is 10.4 Å². The van der Waals surface area contributed by atoms with E-state index in [-0.39, 0.29) is 17.0 Å². The van der Waals surface area contributed by atoms with Crippen LogP contribution in [-0.2, 0) is 5.75 Å². The van der Waals surface area contributed by atoms with Crippen molar-refractivity contribution in [2.24, 2.45) is 0 Å². The lowest BCUT2D eigenvalue weighted by Gasteiger charge is -2.24. The summed E-state index contributed by atoms with van der Waals surface area (Å²) in [7, 11) is 0. The zero-order valence-electron chi connectivity index (χ0n) is 17.7. The summed E-state index contributed by atoms with van der Waals surface area (Å²) in [6.07, 6.45) is 0.821. The molecule has 7 heteroatoms. The van der Waals surface area contributed by atoms with Crippen molar-refractivity contribution in [3.8, 4) is 0 Å². The SMILES string of the molecule is CCC(C)(C)NC(=O)c1sc2nc(CSc3cc(C)ccc3C)[nH]c(=O)c2c1C. The summed E-state index contributed by atoms with van der Waals surface area (Å²) in [6, 6.07) is 6.33. The molecule has 2 N–H and O–H groups in total. The Balaban J connectivity index is 1.90. The second-order valence-electron chi connectivity index (χ2n) is 8.00. The van der Waals surface area contributed by atoms with Gasteiger partial charge in [-0.3, -0.25) is 9.59 Å². The van der Waals surface area contributed by atoms with Crippen LogP contribution in [0.5, 0.6) is 0 Å². The minimum absolute atomic E-state index is 0.150. The van der Waals surface area contributed by atoms with Crippen LogP contribution in [0, 0.1) is 20.8 Å². The maximum atomic E-state index is 12.7. The Hall–Kier alpha value is -2.12. The van der Waals surface area contributed by atoms with Gasteiger partial charge in [-0.2, -0.15) is 0 Å². The molecular weight excluding hydrogens is 402 g/mol. The van der Waals surface area contributed by atoms with Crippen molar-refractivity contribution >= 4 is 39.2 Å². The molecule has 0 saturated carbocycles. The lowest BCUT2D eigenvalue weighted by molar-refractivity contribution is 0.0915. The van der Waals surface area contributed by atoms with E-state index in [0.29, 0.717) is 32.2 Å². The van der Waals surface area contributed by atoms with Crippen LogP contribution < -0.4 is 10.9 Å². The standard InChI is InChI=1S/C22H27N3O2S2/c1-7-22(5,6)25-20(27)18-14(4)17-19(26)23-16(24-21(17)29-18)11-28-15-10-12(2)8-9-13(15)3/h8-10H,7,11H2,1-6H3,(H,25,27)(H,23,24,26). The van der Waals surface area contributed by atoms with Gasteiger partial charge < -0.3 is 10.3 Å². The third-order valence-electron chi connectivity index (χ3n) is 5.10. The molecule has 5 nitrogen and oxygen atoms in total. The zero-order chi connectivity index (χ0) is 21.3. The molecule has 0 radical (unpaired) electrons. The van der Waals surface area contributed by atoms with Gasteiger partial charge in [0.05, 0.1) is 16.0 Å². The van der Waals surface area contributed by atoms with E-state index < -0.39 is 0 Å². The fourth-order valence-corrected chi connectivity index (χ4v) is 5.02. The minimum Gasteiger partial charge on any atom is -0.346 e. The average molecular weight is 430 g/mol. The fraction of sp³-hybridized carbons (Fsp3) is 0.409. The summed E-state index contributed by atoms with van der Waals surface area (Å²) < 4.78 is 0. The lowest BCUT2D eigenvalue weighted by atomic mass is 10.0. The Morgan fingerprint density at radius 3 is 2.69 bits per heavy atom. The second kappa shape index (κ2) is 8.32. The number of fused-ring (bicyclic) bond motifs is 1. The number of amides is 1. The number of carbonyl (C=O) groups is 1. The molecule has 0 saturated heterocycles. The molecule has 1 amide bonds. The van der Waals surface area contributed by atoms with E-state index in [1.54, 1.807) is 11.8 Å². The van der Waals surface area contributed by atoms with Gasteiger partial charge >= 0.3 is 0 Å². The Kier molecular flexibility index (Phi) is 6.19. The molecule has 0 fully saturated rings. The van der Waals surface area contributed by atoms with Crippen molar-refractivity contribution in [2.75, 3.05) is 0 Å². The number of nitrogens with zero attached hydrogens (tertiary/aromatic N) is 1. The van der Waals surface area contributed by atoms with E-state index in [0.717, 1.165) is 6.42 Å². The summed E-state index contributed by atoms with van der Waals surface area (Å²) in [5.74, 6) is 1.04. The first-order valence-electron chi connectivity index (χ1n) is 9.66. The normalized spacial score (nSPS) is 11.8. The number of nitrogens with one attached hydrogen (secondary N) is 2. The second-order valence-corrected chi connectivity index (χ2v) is 10.0. The van der Waals surface area contributed by atoms with Crippen LogP contribution in [0.2, 0.25) is 0 Å². The first kappa shape index (κ1) is 21.6. The van der Waals surface area contributed by atoms with E-state index in [2.05, 4.69) is 47.3 Å². The number of carbonyl (C=O) groups excluding carboxylic acids is 1. The van der Waals surface area contributed by atoms with Crippen LogP contribution in [0.3, 0.4) is 0 Å². The van der Waals surface area contributed by atoms with Crippen molar-refractivity contribution in [3.63, 3.8) is 0 Å². The van der Waals surface area contributed by atoms with E-state index in [1.807, 2.05) is 27.7 Å². The number of rotatable bonds is 6. The molecule has 0 aliphatic heterocycles. The van der Waals surface area contributed by atoms with Crippen molar-refractivity contribution in [1.29, 1.82) is 0 Å². The summed E-state index contributed by atoms with van der Waals surface area (Å²) in [5, 5.41) is 3.55. The molecule has 0 atom stereocenters. The molecule has 0 spiro atoms. The molecular formula is C22H27N3O2S2. The molecule has 0 aliphatic rings.